The third-order valence-corrected chi connectivity index (χ3v) is 7.18. The number of fused-ring (bicyclic) bond motifs is 1. The first kappa shape index (κ1) is 30.7. The van der Waals surface area contributed by atoms with Crippen LogP contribution >= 0.6 is 23.2 Å². The Balaban J connectivity index is 1.53. The molecule has 1 unspecified atom stereocenters. The van der Waals surface area contributed by atoms with Crippen LogP contribution in [0.25, 0.3) is 10.9 Å². The third kappa shape index (κ3) is 6.72. The number of carbonyl (C=O) groups excluding carboxylic acids is 1. The highest BCUT2D eigenvalue weighted by molar-refractivity contribution is 6.36. The van der Waals surface area contributed by atoms with Gasteiger partial charge >= 0.3 is 5.97 Å². The molecule has 3 aromatic heterocycles. The van der Waals surface area contributed by atoms with Crippen molar-refractivity contribution in [1.29, 1.82) is 5.26 Å². The molecule has 0 spiro atoms. The predicted octanol–water partition coefficient (Wildman–Crippen LogP) is 7.34. The summed E-state index contributed by atoms with van der Waals surface area (Å²) in [6, 6.07) is 13.1. The normalized spacial score (nSPS) is 12.0. The van der Waals surface area contributed by atoms with Crippen LogP contribution in [0.4, 0.5) is 21.5 Å². The molecule has 0 aliphatic carbocycles. The minimum Gasteiger partial charge on any atom is -0.442 e. The fourth-order valence-electron chi connectivity index (χ4n) is 4.28. The Morgan fingerprint density at radius 3 is 2.55 bits per heavy atom. The van der Waals surface area contributed by atoms with Gasteiger partial charge in [0.05, 0.1) is 44.5 Å². The van der Waals surface area contributed by atoms with Crippen LogP contribution in [-0.2, 0) is 16.3 Å². The lowest BCUT2D eigenvalue weighted by Gasteiger charge is -2.20. The fraction of sp³-hybridized carbons (Fsp3) is 0.226. The standard InChI is InChI=1S/C31H27Cl2FN8O2/c1-17-5-6-18(13-36-17)28(26-15-42(41-40-26)16-44-30(43)31(2,3)4)39-21-9-22-27(38-20-7-8-25(34)23(32)10-20)19(12-35)14-37-29(22)24(33)11-21/h5-11,13-15,28,39H,16H2,1-4H3,(H,37,38). The Bertz CT molecular complexity index is 1900. The molecule has 0 aliphatic rings. The number of ether oxygens (including phenoxy) is 1. The minimum absolute atomic E-state index is 0.0666. The molecule has 13 heteroatoms. The maximum atomic E-state index is 13.8. The first-order chi connectivity index (χ1) is 20.9. The molecule has 5 rings (SSSR count). The predicted molar refractivity (Wildman–Crippen MR) is 166 cm³/mol. The molecular weight excluding hydrogens is 606 g/mol. The Kier molecular flexibility index (Phi) is 8.67. The number of esters is 1. The van der Waals surface area contributed by atoms with Crippen LogP contribution in [0.15, 0.2) is 61.1 Å². The molecule has 0 saturated carbocycles. The van der Waals surface area contributed by atoms with Gasteiger partial charge in [-0.1, -0.05) is 34.5 Å². The highest BCUT2D eigenvalue weighted by Gasteiger charge is 2.24. The van der Waals surface area contributed by atoms with E-state index in [1.54, 1.807) is 45.3 Å². The molecule has 0 radical (unpaired) electrons. The zero-order valence-corrected chi connectivity index (χ0v) is 25.7. The first-order valence-corrected chi connectivity index (χ1v) is 14.2. The van der Waals surface area contributed by atoms with Gasteiger partial charge in [0.1, 0.15) is 17.6 Å². The van der Waals surface area contributed by atoms with Gasteiger partial charge in [0.15, 0.2) is 6.73 Å². The van der Waals surface area contributed by atoms with Crippen molar-refractivity contribution < 1.29 is 13.9 Å². The Hall–Kier alpha value is -4.79. The van der Waals surface area contributed by atoms with Crippen LogP contribution in [0.5, 0.6) is 0 Å². The largest absolute Gasteiger partial charge is 0.442 e. The zero-order chi connectivity index (χ0) is 31.6. The van der Waals surface area contributed by atoms with Crippen molar-refractivity contribution in [3.63, 3.8) is 0 Å². The van der Waals surface area contributed by atoms with E-state index in [1.807, 2.05) is 19.1 Å². The minimum atomic E-state index is -0.659. The van der Waals surface area contributed by atoms with Gasteiger partial charge in [-0.2, -0.15) is 5.26 Å². The third-order valence-electron chi connectivity index (χ3n) is 6.61. The Morgan fingerprint density at radius 1 is 1.09 bits per heavy atom. The van der Waals surface area contributed by atoms with Gasteiger partial charge in [0.25, 0.3) is 0 Å². The van der Waals surface area contributed by atoms with Crippen molar-refractivity contribution in [3.8, 4) is 6.07 Å². The van der Waals surface area contributed by atoms with Crippen molar-refractivity contribution in [1.82, 2.24) is 25.0 Å². The summed E-state index contributed by atoms with van der Waals surface area (Å²) < 4.78 is 20.6. The molecule has 0 aliphatic heterocycles. The number of anilines is 3. The van der Waals surface area contributed by atoms with Crippen LogP contribution in [0.1, 0.15) is 49.3 Å². The highest BCUT2D eigenvalue weighted by atomic mass is 35.5. The van der Waals surface area contributed by atoms with Crippen LogP contribution in [0, 0.1) is 29.5 Å². The summed E-state index contributed by atoms with van der Waals surface area (Å²) >= 11 is 12.7. The molecule has 0 amide bonds. The van der Waals surface area contributed by atoms with E-state index < -0.39 is 17.3 Å². The average Bonchev–Trinajstić information content (AvgIpc) is 3.45. The van der Waals surface area contributed by atoms with E-state index >= 15 is 0 Å². The van der Waals surface area contributed by atoms with Crippen molar-refractivity contribution in [3.05, 3.63) is 99.4 Å². The van der Waals surface area contributed by atoms with E-state index in [-0.39, 0.29) is 23.3 Å². The molecule has 1 atom stereocenters. The van der Waals surface area contributed by atoms with Crippen molar-refractivity contribution >= 4 is 57.1 Å². The zero-order valence-electron chi connectivity index (χ0n) is 24.2. The lowest BCUT2D eigenvalue weighted by atomic mass is 9.98. The van der Waals surface area contributed by atoms with Gasteiger partial charge in [-0.05, 0) is 69.7 Å². The quantitative estimate of drug-likeness (QED) is 0.169. The fourth-order valence-corrected chi connectivity index (χ4v) is 4.72. The second-order valence-corrected chi connectivity index (χ2v) is 11.9. The van der Waals surface area contributed by atoms with Crippen LogP contribution in [0.2, 0.25) is 10.0 Å². The number of hydrogen-bond donors (Lipinski definition) is 2. The van der Waals surface area contributed by atoms with Crippen LogP contribution in [-0.4, -0.2) is 30.9 Å². The monoisotopic (exact) mass is 632 g/mol. The maximum absolute atomic E-state index is 13.8. The number of aromatic nitrogens is 5. The molecule has 2 aromatic carbocycles. The number of nitriles is 1. The molecular formula is C31H27Cl2FN8O2. The van der Waals surface area contributed by atoms with Gasteiger partial charge in [0.2, 0.25) is 0 Å². The van der Waals surface area contributed by atoms with Gasteiger partial charge in [0, 0.05) is 34.8 Å². The smallest absolute Gasteiger partial charge is 0.313 e. The number of rotatable bonds is 8. The lowest BCUT2D eigenvalue weighted by Crippen LogP contribution is -2.24. The molecule has 44 heavy (non-hydrogen) atoms. The molecule has 0 bridgehead atoms. The highest BCUT2D eigenvalue weighted by Crippen LogP contribution is 2.37. The number of hydrogen-bond acceptors (Lipinski definition) is 9. The summed E-state index contributed by atoms with van der Waals surface area (Å²) in [7, 11) is 0. The maximum Gasteiger partial charge on any atom is 0.313 e. The topological polar surface area (TPSA) is 131 Å². The number of halogens is 3. The molecule has 0 fully saturated rings. The van der Waals surface area contributed by atoms with Gasteiger partial charge in [-0.3, -0.25) is 14.8 Å². The van der Waals surface area contributed by atoms with Crippen molar-refractivity contribution in [2.75, 3.05) is 10.6 Å². The lowest BCUT2D eigenvalue weighted by molar-refractivity contribution is -0.157. The summed E-state index contributed by atoms with van der Waals surface area (Å²) in [6.07, 6.45) is 4.83. The van der Waals surface area contributed by atoms with E-state index in [4.69, 9.17) is 27.9 Å². The summed E-state index contributed by atoms with van der Waals surface area (Å²) in [5, 5.41) is 25.8. The SMILES string of the molecule is Cc1ccc(C(Nc2cc(Cl)c3ncc(C#N)c(Nc4ccc(F)c(Cl)c4)c3c2)c2cn(COC(=O)C(C)(C)C)nn2)cn1. The van der Waals surface area contributed by atoms with Gasteiger partial charge in [-0.15, -0.1) is 5.10 Å². The van der Waals surface area contributed by atoms with Crippen LogP contribution in [0.3, 0.4) is 0 Å². The summed E-state index contributed by atoms with van der Waals surface area (Å²) in [5.74, 6) is -0.928. The molecule has 0 saturated heterocycles. The number of benzene rings is 2. The molecule has 224 valence electrons. The summed E-state index contributed by atoms with van der Waals surface area (Å²) in [6.45, 7) is 7.09. The van der Waals surface area contributed by atoms with Gasteiger partial charge in [-0.25, -0.2) is 9.07 Å². The molecule has 3 heterocycles. The average molecular weight is 634 g/mol. The Morgan fingerprint density at radius 2 is 1.86 bits per heavy atom. The number of pyridine rings is 2. The van der Waals surface area contributed by atoms with E-state index in [2.05, 4.69) is 37.0 Å². The number of aryl methyl sites for hydroxylation is 1. The first-order valence-electron chi connectivity index (χ1n) is 13.4. The van der Waals surface area contributed by atoms with Crippen LogP contribution < -0.4 is 10.6 Å². The number of nitrogens with one attached hydrogen (secondary N) is 2. The molecule has 5 aromatic rings. The van der Waals surface area contributed by atoms with Gasteiger partial charge < -0.3 is 15.4 Å². The van der Waals surface area contributed by atoms with E-state index in [0.29, 0.717) is 38.7 Å². The van der Waals surface area contributed by atoms with E-state index in [1.165, 1.54) is 29.1 Å². The summed E-state index contributed by atoms with van der Waals surface area (Å²) in [4.78, 5) is 21.1. The second-order valence-electron chi connectivity index (χ2n) is 11.1. The van der Waals surface area contributed by atoms with E-state index in [0.717, 1.165) is 11.3 Å². The Labute approximate surface area is 262 Å². The summed E-state index contributed by atoms with van der Waals surface area (Å²) in [5.41, 5.74) is 3.67. The molecule has 10 nitrogen and oxygen atoms in total. The number of nitrogens with zero attached hydrogens (tertiary/aromatic N) is 6. The van der Waals surface area contributed by atoms with Crippen molar-refractivity contribution in [2.24, 2.45) is 5.41 Å². The van der Waals surface area contributed by atoms with E-state index in [9.17, 15) is 14.4 Å². The number of carbonyl (C=O) groups is 1. The molecule has 2 N–H and O–H groups in total. The van der Waals surface area contributed by atoms with Crippen molar-refractivity contribution in [2.45, 2.75) is 40.5 Å². The second kappa shape index (κ2) is 12.4.